The first-order valence-electron chi connectivity index (χ1n) is 10.4. The van der Waals surface area contributed by atoms with Crippen LogP contribution in [0.4, 0.5) is 0 Å². The number of benzene rings is 6. The van der Waals surface area contributed by atoms with E-state index in [9.17, 15) is 0 Å². The lowest BCUT2D eigenvalue weighted by Gasteiger charge is -2.13. The summed E-state index contributed by atoms with van der Waals surface area (Å²) in [4.78, 5) is 0. The smallest absolute Gasteiger partial charge is 0.00266 e. The zero-order valence-corrected chi connectivity index (χ0v) is 16.5. The van der Waals surface area contributed by atoms with Crippen LogP contribution in [0.1, 0.15) is 0 Å². The zero-order valence-electron chi connectivity index (χ0n) is 16.5. The molecule has 0 fully saturated rings. The van der Waals surface area contributed by atoms with Crippen LogP contribution in [0.15, 0.2) is 121 Å². The molecule has 0 bridgehead atoms. The van der Waals surface area contributed by atoms with Crippen LogP contribution in [0.2, 0.25) is 0 Å². The molecule has 0 radical (unpaired) electrons. The van der Waals surface area contributed by atoms with Crippen molar-refractivity contribution in [1.82, 2.24) is 0 Å². The fourth-order valence-electron chi connectivity index (χ4n) is 4.54. The molecule has 0 aliphatic rings. The monoisotopic (exact) mass is 380 g/mol. The van der Waals surface area contributed by atoms with Gasteiger partial charge in [0.25, 0.3) is 0 Å². The Morgan fingerprint density at radius 3 is 1.50 bits per heavy atom. The Hall–Kier alpha value is -3.90. The van der Waals surface area contributed by atoms with Gasteiger partial charge in [0, 0.05) is 0 Å². The van der Waals surface area contributed by atoms with E-state index in [0.717, 1.165) is 0 Å². The van der Waals surface area contributed by atoms with Crippen LogP contribution in [0.5, 0.6) is 0 Å². The third kappa shape index (κ3) is 2.77. The Kier molecular flexibility index (Phi) is 3.89. The summed E-state index contributed by atoms with van der Waals surface area (Å²) < 4.78 is 0. The third-order valence-electron chi connectivity index (χ3n) is 6.01. The van der Waals surface area contributed by atoms with Crippen LogP contribution in [0, 0.1) is 0 Å². The Morgan fingerprint density at radius 1 is 0.300 bits per heavy atom. The molecule has 30 heavy (non-hydrogen) atoms. The molecule has 6 rings (SSSR count). The first-order chi connectivity index (χ1) is 14.9. The number of hydrogen-bond acceptors (Lipinski definition) is 0. The predicted molar refractivity (Wildman–Crippen MR) is 130 cm³/mol. The van der Waals surface area contributed by atoms with E-state index in [2.05, 4.69) is 121 Å². The van der Waals surface area contributed by atoms with Crippen molar-refractivity contribution in [3.05, 3.63) is 121 Å². The topological polar surface area (TPSA) is 0 Å². The average molecular weight is 380 g/mol. The van der Waals surface area contributed by atoms with Crippen LogP contribution in [-0.2, 0) is 0 Å². The van der Waals surface area contributed by atoms with Crippen molar-refractivity contribution in [1.29, 1.82) is 0 Å². The van der Waals surface area contributed by atoms with E-state index in [0.29, 0.717) is 0 Å². The highest BCUT2D eigenvalue weighted by molar-refractivity contribution is 6.13. The van der Waals surface area contributed by atoms with Crippen molar-refractivity contribution in [3.63, 3.8) is 0 Å². The van der Waals surface area contributed by atoms with Crippen molar-refractivity contribution >= 4 is 32.3 Å². The second-order valence-electron chi connectivity index (χ2n) is 7.84. The van der Waals surface area contributed by atoms with E-state index in [1.54, 1.807) is 0 Å². The van der Waals surface area contributed by atoms with Gasteiger partial charge in [-0.05, 0) is 72.8 Å². The third-order valence-corrected chi connectivity index (χ3v) is 6.01. The predicted octanol–water partition coefficient (Wildman–Crippen LogP) is 8.48. The van der Waals surface area contributed by atoms with E-state index in [1.807, 2.05) is 0 Å². The first-order valence-corrected chi connectivity index (χ1v) is 10.4. The highest BCUT2D eigenvalue weighted by Crippen LogP contribution is 2.37. The number of rotatable bonds is 2. The maximum Gasteiger partial charge on any atom is -0.00266 e. The standard InChI is InChI=1S/C30H20/c1-2-8-21(9-3-1)22-14-15-24-19-27(17-16-23(24)18-22)30-28-12-6-4-10-25(28)20-26-11-5-7-13-29(26)30/h1-20H. The van der Waals surface area contributed by atoms with Gasteiger partial charge in [-0.1, -0.05) is 103 Å². The van der Waals surface area contributed by atoms with Gasteiger partial charge in [-0.2, -0.15) is 0 Å². The van der Waals surface area contributed by atoms with Gasteiger partial charge in [-0.3, -0.25) is 0 Å². The lowest BCUT2D eigenvalue weighted by molar-refractivity contribution is 1.64. The van der Waals surface area contributed by atoms with Crippen LogP contribution in [0.25, 0.3) is 54.6 Å². The fourth-order valence-corrected chi connectivity index (χ4v) is 4.54. The van der Waals surface area contributed by atoms with Crippen molar-refractivity contribution < 1.29 is 0 Å². The Balaban J connectivity index is 1.59. The molecule has 0 saturated carbocycles. The van der Waals surface area contributed by atoms with Crippen LogP contribution < -0.4 is 0 Å². The molecular formula is C30H20. The van der Waals surface area contributed by atoms with Crippen LogP contribution in [-0.4, -0.2) is 0 Å². The quantitative estimate of drug-likeness (QED) is 0.264. The summed E-state index contributed by atoms with van der Waals surface area (Å²) in [5, 5.41) is 7.71. The van der Waals surface area contributed by atoms with Gasteiger partial charge in [0.05, 0.1) is 0 Å². The highest BCUT2D eigenvalue weighted by Gasteiger charge is 2.10. The van der Waals surface area contributed by atoms with E-state index in [4.69, 9.17) is 0 Å². The number of hydrogen-bond donors (Lipinski definition) is 0. The summed E-state index contributed by atoms with van der Waals surface area (Å²) in [6, 6.07) is 43.9. The number of fused-ring (bicyclic) bond motifs is 3. The Morgan fingerprint density at radius 2 is 0.833 bits per heavy atom. The van der Waals surface area contributed by atoms with Crippen molar-refractivity contribution in [2.45, 2.75) is 0 Å². The molecule has 0 atom stereocenters. The summed E-state index contributed by atoms with van der Waals surface area (Å²) in [7, 11) is 0. The van der Waals surface area contributed by atoms with Gasteiger partial charge in [-0.25, -0.2) is 0 Å². The van der Waals surface area contributed by atoms with Gasteiger partial charge in [-0.15, -0.1) is 0 Å². The average Bonchev–Trinajstić information content (AvgIpc) is 2.82. The molecule has 0 amide bonds. The summed E-state index contributed by atoms with van der Waals surface area (Å²) in [5.74, 6) is 0. The first kappa shape index (κ1) is 17.0. The summed E-state index contributed by atoms with van der Waals surface area (Å²) in [5.41, 5.74) is 5.09. The largest absolute Gasteiger partial charge is 0.0622 e. The molecule has 0 aliphatic heterocycles. The lowest BCUT2D eigenvalue weighted by atomic mass is 9.90. The summed E-state index contributed by atoms with van der Waals surface area (Å²) >= 11 is 0. The van der Waals surface area contributed by atoms with Gasteiger partial charge < -0.3 is 0 Å². The second-order valence-corrected chi connectivity index (χ2v) is 7.84. The molecule has 0 aromatic heterocycles. The molecule has 0 nitrogen and oxygen atoms in total. The van der Waals surface area contributed by atoms with Gasteiger partial charge >= 0.3 is 0 Å². The molecule has 0 aliphatic carbocycles. The molecule has 6 aromatic carbocycles. The van der Waals surface area contributed by atoms with Gasteiger partial charge in [0.2, 0.25) is 0 Å². The van der Waals surface area contributed by atoms with Crippen molar-refractivity contribution in [2.75, 3.05) is 0 Å². The Bertz CT molecular complexity index is 1470. The minimum absolute atomic E-state index is 1.25. The molecule has 0 unspecified atom stereocenters. The molecular weight excluding hydrogens is 360 g/mol. The SMILES string of the molecule is c1ccc(-c2ccc3cc(-c4c5ccccc5cc5ccccc45)ccc3c2)cc1. The maximum absolute atomic E-state index is 2.33. The van der Waals surface area contributed by atoms with Crippen molar-refractivity contribution in [3.8, 4) is 22.3 Å². The highest BCUT2D eigenvalue weighted by atomic mass is 14.1. The maximum atomic E-state index is 2.33. The molecule has 6 aromatic rings. The summed E-state index contributed by atoms with van der Waals surface area (Å²) in [6.45, 7) is 0. The van der Waals surface area contributed by atoms with E-state index in [1.165, 1.54) is 54.6 Å². The molecule has 0 saturated heterocycles. The fraction of sp³-hybridized carbons (Fsp3) is 0. The van der Waals surface area contributed by atoms with E-state index >= 15 is 0 Å². The lowest BCUT2D eigenvalue weighted by Crippen LogP contribution is -1.86. The van der Waals surface area contributed by atoms with E-state index < -0.39 is 0 Å². The van der Waals surface area contributed by atoms with Crippen LogP contribution >= 0.6 is 0 Å². The molecule has 0 heterocycles. The molecule has 140 valence electrons. The second kappa shape index (κ2) is 6.86. The van der Waals surface area contributed by atoms with E-state index in [-0.39, 0.29) is 0 Å². The summed E-state index contributed by atoms with van der Waals surface area (Å²) in [6.07, 6.45) is 0. The van der Waals surface area contributed by atoms with Crippen molar-refractivity contribution in [2.24, 2.45) is 0 Å². The van der Waals surface area contributed by atoms with Crippen LogP contribution in [0.3, 0.4) is 0 Å². The minimum Gasteiger partial charge on any atom is -0.0622 e. The van der Waals surface area contributed by atoms with Gasteiger partial charge in [0.1, 0.15) is 0 Å². The molecule has 0 heteroatoms. The minimum atomic E-state index is 1.25. The molecule has 0 N–H and O–H groups in total. The van der Waals surface area contributed by atoms with Gasteiger partial charge in [0.15, 0.2) is 0 Å². The zero-order chi connectivity index (χ0) is 19.9. The molecule has 0 spiro atoms. The Labute approximate surface area is 176 Å². The normalized spacial score (nSPS) is 11.3.